The third-order valence-electron chi connectivity index (χ3n) is 16.1. The summed E-state index contributed by atoms with van der Waals surface area (Å²) in [6, 6.07) is 0.743. The van der Waals surface area contributed by atoms with Crippen LogP contribution >= 0.6 is 0 Å². The number of carbonyl (C=O) groups excluding carboxylic acids is 3. The predicted octanol–water partition coefficient (Wildman–Crippen LogP) is 17.8. The van der Waals surface area contributed by atoms with Gasteiger partial charge in [0.15, 0.2) is 0 Å². The number of hydrogen-bond donors (Lipinski definition) is 1. The lowest BCUT2D eigenvalue weighted by atomic mass is 9.92. The first-order chi connectivity index (χ1) is 34.7. The fourth-order valence-corrected chi connectivity index (χ4v) is 11.1. The Hall–Kier alpha value is -1.67. The van der Waals surface area contributed by atoms with Crippen LogP contribution in [0.1, 0.15) is 324 Å². The molecule has 1 fully saturated rings. The fourth-order valence-electron chi connectivity index (χ4n) is 11.1. The molecule has 1 N–H and O–H groups in total. The summed E-state index contributed by atoms with van der Waals surface area (Å²) in [5.74, 6) is 1.34. The van der Waals surface area contributed by atoms with E-state index in [0.29, 0.717) is 56.3 Å². The molecule has 8 nitrogen and oxygen atoms in total. The Morgan fingerprint density at radius 1 is 0.423 bits per heavy atom. The number of rotatable bonds is 52. The van der Waals surface area contributed by atoms with Gasteiger partial charge in [-0.15, -0.1) is 0 Å². The standard InChI is InChI=1S/C63H122N2O6/c1-7-12-17-20-21-26-31-38-52-65(61(67)51-53-64(6)58-47-49-60(66)50-48-58)59(43-34-27-22-24-29-36-45-62(68)70-54-56(39-15-10-4)41-32-18-13-8-2)44-35-28-23-25-30-37-46-63(69)71-55-57(40-16-11-5)42-33-19-14-9-3/h56-60,66H,7-55H2,1-6H3. The van der Waals surface area contributed by atoms with Gasteiger partial charge < -0.3 is 24.4 Å². The summed E-state index contributed by atoms with van der Waals surface area (Å²) in [5.41, 5.74) is 0. The van der Waals surface area contributed by atoms with Crippen LogP contribution in [0.4, 0.5) is 0 Å². The van der Waals surface area contributed by atoms with E-state index in [1.165, 1.54) is 173 Å². The number of ether oxygens (including phenoxy) is 2. The maximum absolute atomic E-state index is 14.4. The van der Waals surface area contributed by atoms with Gasteiger partial charge in [-0.05, 0) is 102 Å². The van der Waals surface area contributed by atoms with Gasteiger partial charge in [-0.3, -0.25) is 14.4 Å². The molecule has 420 valence electrons. The van der Waals surface area contributed by atoms with Crippen LogP contribution in [0, 0.1) is 11.8 Å². The van der Waals surface area contributed by atoms with Gasteiger partial charge >= 0.3 is 11.9 Å². The molecule has 0 heterocycles. The van der Waals surface area contributed by atoms with Crippen molar-refractivity contribution < 1.29 is 29.0 Å². The summed E-state index contributed by atoms with van der Waals surface area (Å²) in [4.78, 5) is 44.5. The SMILES string of the molecule is CCCCCCCCCCN(C(=O)CCN(C)C1CCC(O)CC1)C(CCCCCCCCC(=O)OCC(CCCC)CCCCCC)CCCCCCCCC(=O)OCC(CCCC)CCCCCC. The first-order valence-corrected chi connectivity index (χ1v) is 31.7. The van der Waals surface area contributed by atoms with Crippen molar-refractivity contribution in [3.8, 4) is 0 Å². The van der Waals surface area contributed by atoms with Crippen molar-refractivity contribution in [3.05, 3.63) is 0 Å². The average Bonchev–Trinajstić information content (AvgIpc) is 3.37. The minimum atomic E-state index is -0.164. The predicted molar refractivity (Wildman–Crippen MR) is 303 cm³/mol. The van der Waals surface area contributed by atoms with E-state index in [1.54, 1.807) is 0 Å². The lowest BCUT2D eigenvalue weighted by Gasteiger charge is -2.35. The van der Waals surface area contributed by atoms with Gasteiger partial charge in [0.25, 0.3) is 0 Å². The van der Waals surface area contributed by atoms with E-state index in [0.717, 1.165) is 109 Å². The third kappa shape index (κ3) is 39.4. The second-order valence-electron chi connectivity index (χ2n) is 22.8. The molecule has 0 bridgehead atoms. The van der Waals surface area contributed by atoms with E-state index in [-0.39, 0.29) is 24.1 Å². The second kappa shape index (κ2) is 49.2. The van der Waals surface area contributed by atoms with Crippen molar-refractivity contribution in [2.24, 2.45) is 11.8 Å². The molecule has 0 radical (unpaired) electrons. The van der Waals surface area contributed by atoms with Crippen molar-refractivity contribution in [3.63, 3.8) is 0 Å². The molecule has 1 rings (SSSR count). The molecule has 2 unspecified atom stereocenters. The quantitative estimate of drug-likeness (QED) is 0.0479. The Kier molecular flexibility index (Phi) is 46.7. The molecule has 1 aliphatic carbocycles. The van der Waals surface area contributed by atoms with E-state index >= 15 is 0 Å². The summed E-state index contributed by atoms with van der Waals surface area (Å²) < 4.78 is 11.6. The van der Waals surface area contributed by atoms with Gasteiger partial charge in [0.05, 0.1) is 19.3 Å². The van der Waals surface area contributed by atoms with E-state index in [4.69, 9.17) is 9.47 Å². The maximum Gasteiger partial charge on any atom is 0.305 e. The van der Waals surface area contributed by atoms with Crippen LogP contribution in [0.25, 0.3) is 0 Å². The zero-order valence-corrected chi connectivity index (χ0v) is 48.4. The molecular formula is C63H122N2O6. The highest BCUT2D eigenvalue weighted by molar-refractivity contribution is 5.76. The number of unbranched alkanes of at least 4 members (excludes halogenated alkanes) is 25. The minimum absolute atomic E-state index is 0.0116. The van der Waals surface area contributed by atoms with Crippen LogP contribution in [0.5, 0.6) is 0 Å². The number of hydrogen-bond acceptors (Lipinski definition) is 7. The first kappa shape index (κ1) is 67.3. The van der Waals surface area contributed by atoms with Crippen LogP contribution in [0.3, 0.4) is 0 Å². The van der Waals surface area contributed by atoms with E-state index in [2.05, 4.69) is 51.5 Å². The maximum atomic E-state index is 14.4. The van der Waals surface area contributed by atoms with Crippen molar-refractivity contribution in [1.82, 2.24) is 9.80 Å². The van der Waals surface area contributed by atoms with Gasteiger partial charge in [-0.1, -0.05) is 221 Å². The highest BCUT2D eigenvalue weighted by Crippen LogP contribution is 2.26. The lowest BCUT2D eigenvalue weighted by molar-refractivity contribution is -0.146. The molecule has 0 saturated heterocycles. The topological polar surface area (TPSA) is 96.4 Å². The van der Waals surface area contributed by atoms with Crippen LogP contribution in [-0.4, -0.2) is 84.3 Å². The van der Waals surface area contributed by atoms with Crippen molar-refractivity contribution in [2.45, 2.75) is 342 Å². The molecule has 0 aromatic heterocycles. The normalized spacial score (nSPS) is 16.3. The average molecular weight is 1000 g/mol. The van der Waals surface area contributed by atoms with Gasteiger partial charge in [0.1, 0.15) is 0 Å². The number of esters is 2. The molecule has 71 heavy (non-hydrogen) atoms. The zero-order valence-electron chi connectivity index (χ0n) is 48.4. The summed E-state index contributed by atoms with van der Waals surface area (Å²) >= 11 is 0. The highest BCUT2D eigenvalue weighted by Gasteiger charge is 2.26. The van der Waals surface area contributed by atoms with Crippen LogP contribution in [0.2, 0.25) is 0 Å². The lowest BCUT2D eigenvalue weighted by Crippen LogP contribution is -2.43. The summed E-state index contributed by atoms with van der Waals surface area (Å²) in [6.07, 6.45) is 50.5. The Morgan fingerprint density at radius 3 is 1.21 bits per heavy atom. The monoisotopic (exact) mass is 1000 g/mol. The fraction of sp³-hybridized carbons (Fsp3) is 0.952. The molecule has 2 atom stereocenters. The highest BCUT2D eigenvalue weighted by atomic mass is 16.5. The molecule has 1 saturated carbocycles. The minimum Gasteiger partial charge on any atom is -0.465 e. The number of aliphatic hydroxyl groups excluding tert-OH is 1. The smallest absolute Gasteiger partial charge is 0.305 e. The van der Waals surface area contributed by atoms with Crippen molar-refractivity contribution in [1.29, 1.82) is 0 Å². The second-order valence-corrected chi connectivity index (χ2v) is 22.8. The number of amides is 1. The number of aliphatic hydroxyl groups is 1. The van der Waals surface area contributed by atoms with Crippen molar-refractivity contribution >= 4 is 17.8 Å². The molecule has 0 aromatic rings. The Morgan fingerprint density at radius 2 is 0.775 bits per heavy atom. The first-order valence-electron chi connectivity index (χ1n) is 31.7. The van der Waals surface area contributed by atoms with E-state index in [9.17, 15) is 19.5 Å². The van der Waals surface area contributed by atoms with Crippen LogP contribution < -0.4 is 0 Å². The van der Waals surface area contributed by atoms with Crippen molar-refractivity contribution in [2.75, 3.05) is 33.4 Å². The Labute approximate surface area is 441 Å². The largest absolute Gasteiger partial charge is 0.465 e. The van der Waals surface area contributed by atoms with Gasteiger partial charge in [-0.2, -0.15) is 0 Å². The molecule has 1 aliphatic rings. The van der Waals surface area contributed by atoms with Crippen LogP contribution in [-0.2, 0) is 23.9 Å². The number of nitrogens with zero attached hydrogens (tertiary/aromatic N) is 2. The zero-order chi connectivity index (χ0) is 51.8. The Bertz CT molecular complexity index is 1140. The van der Waals surface area contributed by atoms with Crippen LogP contribution in [0.15, 0.2) is 0 Å². The molecule has 1 amide bonds. The summed E-state index contributed by atoms with van der Waals surface area (Å²) in [6.45, 7) is 14.2. The Balaban J connectivity index is 2.76. The molecule has 0 aromatic carbocycles. The van der Waals surface area contributed by atoms with E-state index < -0.39 is 0 Å². The van der Waals surface area contributed by atoms with Gasteiger partial charge in [0.2, 0.25) is 5.91 Å². The van der Waals surface area contributed by atoms with E-state index in [1.807, 2.05) is 0 Å². The molecule has 8 heteroatoms. The van der Waals surface area contributed by atoms with Gasteiger partial charge in [0, 0.05) is 44.4 Å². The number of carbonyl (C=O) groups is 3. The molecular weight excluding hydrogens is 881 g/mol. The summed E-state index contributed by atoms with van der Waals surface area (Å²) in [5, 5.41) is 10.1. The third-order valence-corrected chi connectivity index (χ3v) is 16.1. The van der Waals surface area contributed by atoms with Gasteiger partial charge in [-0.25, -0.2) is 0 Å². The molecule has 0 aliphatic heterocycles. The summed E-state index contributed by atoms with van der Waals surface area (Å²) in [7, 11) is 2.18. The molecule has 0 spiro atoms.